The van der Waals surface area contributed by atoms with E-state index in [0.717, 1.165) is 33.8 Å². The van der Waals surface area contributed by atoms with E-state index in [4.69, 9.17) is 9.15 Å². The molecule has 1 amide bonds. The van der Waals surface area contributed by atoms with Gasteiger partial charge in [0.05, 0.1) is 5.01 Å². The molecule has 7 heteroatoms. The van der Waals surface area contributed by atoms with Crippen molar-refractivity contribution in [3.63, 3.8) is 0 Å². The first-order valence-corrected chi connectivity index (χ1v) is 9.94. The van der Waals surface area contributed by atoms with E-state index >= 15 is 0 Å². The van der Waals surface area contributed by atoms with Gasteiger partial charge in [0.15, 0.2) is 5.76 Å². The summed E-state index contributed by atoms with van der Waals surface area (Å²) in [4.78, 5) is 16.5. The van der Waals surface area contributed by atoms with E-state index in [0.29, 0.717) is 18.1 Å². The Kier molecular flexibility index (Phi) is 6.46. The van der Waals surface area contributed by atoms with Crippen LogP contribution in [0.15, 0.2) is 50.7 Å². The fourth-order valence-electron chi connectivity index (χ4n) is 2.31. The van der Waals surface area contributed by atoms with Crippen LogP contribution in [-0.2, 0) is 13.0 Å². The molecule has 3 rings (SSSR count). The van der Waals surface area contributed by atoms with Crippen LogP contribution in [0.25, 0.3) is 0 Å². The summed E-state index contributed by atoms with van der Waals surface area (Å²) in [5.41, 5.74) is 1.04. The van der Waals surface area contributed by atoms with Crippen LogP contribution in [0.1, 0.15) is 33.4 Å². The second kappa shape index (κ2) is 9.00. The lowest BCUT2D eigenvalue weighted by atomic mass is 10.3. The molecular formula is C19H19BrN2O3S. The summed E-state index contributed by atoms with van der Waals surface area (Å²) in [6.07, 6.45) is 1.71. The summed E-state index contributed by atoms with van der Waals surface area (Å²) in [5, 5.41) is 6.00. The number of rotatable bonds is 8. The molecule has 0 bridgehead atoms. The van der Waals surface area contributed by atoms with Gasteiger partial charge in [-0.25, -0.2) is 4.98 Å². The molecule has 2 heterocycles. The predicted molar refractivity (Wildman–Crippen MR) is 105 cm³/mol. The minimum atomic E-state index is -0.213. The molecule has 1 aromatic carbocycles. The lowest BCUT2D eigenvalue weighted by molar-refractivity contribution is 0.0921. The molecular weight excluding hydrogens is 416 g/mol. The molecule has 0 saturated carbocycles. The molecule has 26 heavy (non-hydrogen) atoms. The Morgan fingerprint density at radius 1 is 1.27 bits per heavy atom. The van der Waals surface area contributed by atoms with Crippen molar-refractivity contribution in [2.24, 2.45) is 0 Å². The zero-order valence-corrected chi connectivity index (χ0v) is 16.7. The molecule has 5 nitrogen and oxygen atoms in total. The van der Waals surface area contributed by atoms with Crippen molar-refractivity contribution in [2.75, 3.05) is 6.54 Å². The number of benzene rings is 1. The Morgan fingerprint density at radius 2 is 2.08 bits per heavy atom. The van der Waals surface area contributed by atoms with Gasteiger partial charge in [-0.3, -0.25) is 4.79 Å². The number of thiazole rings is 1. The maximum atomic E-state index is 12.1. The first-order valence-electron chi connectivity index (χ1n) is 8.26. The van der Waals surface area contributed by atoms with E-state index < -0.39 is 0 Å². The topological polar surface area (TPSA) is 64.4 Å². The van der Waals surface area contributed by atoms with Crippen molar-refractivity contribution in [3.05, 3.63) is 68.5 Å². The van der Waals surface area contributed by atoms with Crippen LogP contribution >= 0.6 is 27.3 Å². The lowest BCUT2D eigenvalue weighted by Crippen LogP contribution is -2.24. The van der Waals surface area contributed by atoms with Gasteiger partial charge < -0.3 is 14.5 Å². The van der Waals surface area contributed by atoms with Crippen LogP contribution in [-0.4, -0.2) is 17.4 Å². The average Bonchev–Trinajstić information content (AvgIpc) is 3.27. The Labute approximate surface area is 164 Å². The smallest absolute Gasteiger partial charge is 0.286 e. The summed E-state index contributed by atoms with van der Waals surface area (Å²) in [6, 6.07) is 11.0. The highest BCUT2D eigenvalue weighted by atomic mass is 79.9. The van der Waals surface area contributed by atoms with Gasteiger partial charge in [0.25, 0.3) is 5.91 Å². The molecule has 2 aromatic heterocycles. The van der Waals surface area contributed by atoms with Crippen molar-refractivity contribution in [2.45, 2.75) is 26.4 Å². The summed E-state index contributed by atoms with van der Waals surface area (Å²) in [7, 11) is 0. The average molecular weight is 435 g/mol. The number of nitrogens with one attached hydrogen (secondary N) is 1. The number of aryl methyl sites for hydroxylation is 2. The third kappa shape index (κ3) is 5.44. The van der Waals surface area contributed by atoms with Gasteiger partial charge in [0.2, 0.25) is 0 Å². The molecule has 0 radical (unpaired) electrons. The number of hydrogen-bond donors (Lipinski definition) is 1. The molecule has 3 aromatic rings. The van der Waals surface area contributed by atoms with Crippen LogP contribution in [0.2, 0.25) is 0 Å². The molecule has 0 aliphatic rings. The van der Waals surface area contributed by atoms with Crippen LogP contribution in [0.4, 0.5) is 0 Å². The van der Waals surface area contributed by atoms with E-state index in [1.165, 1.54) is 0 Å². The Hall–Kier alpha value is -2.12. The number of carbonyl (C=O) groups excluding carboxylic acids is 1. The normalized spacial score (nSPS) is 10.7. The highest BCUT2D eigenvalue weighted by Gasteiger charge is 2.11. The fraction of sp³-hybridized carbons (Fsp3) is 0.263. The van der Waals surface area contributed by atoms with Crippen molar-refractivity contribution in [1.29, 1.82) is 0 Å². The number of nitrogens with zero attached hydrogens (tertiary/aromatic N) is 1. The monoisotopic (exact) mass is 434 g/mol. The van der Waals surface area contributed by atoms with Gasteiger partial charge in [0, 0.05) is 28.5 Å². The zero-order chi connectivity index (χ0) is 18.4. The van der Waals surface area contributed by atoms with E-state index in [1.54, 1.807) is 23.5 Å². The maximum Gasteiger partial charge on any atom is 0.286 e. The number of aromatic nitrogens is 1. The van der Waals surface area contributed by atoms with Gasteiger partial charge >= 0.3 is 0 Å². The summed E-state index contributed by atoms with van der Waals surface area (Å²) in [5.74, 6) is 1.43. The Balaban J connectivity index is 1.41. The zero-order valence-electron chi connectivity index (χ0n) is 14.3. The van der Waals surface area contributed by atoms with Crippen molar-refractivity contribution < 1.29 is 13.9 Å². The van der Waals surface area contributed by atoms with Gasteiger partial charge in [0.1, 0.15) is 18.1 Å². The van der Waals surface area contributed by atoms with E-state index in [1.807, 2.05) is 36.6 Å². The number of hydrogen-bond acceptors (Lipinski definition) is 5. The molecule has 0 aliphatic carbocycles. The van der Waals surface area contributed by atoms with Gasteiger partial charge in [-0.2, -0.15) is 0 Å². The molecule has 0 saturated heterocycles. The van der Waals surface area contributed by atoms with Crippen molar-refractivity contribution in [1.82, 2.24) is 10.3 Å². The molecule has 0 fully saturated rings. The third-order valence-corrected chi connectivity index (χ3v) is 5.15. The van der Waals surface area contributed by atoms with Gasteiger partial charge in [-0.15, -0.1) is 11.3 Å². The fourth-order valence-corrected chi connectivity index (χ4v) is 3.39. The van der Waals surface area contributed by atoms with Crippen LogP contribution in [0.3, 0.4) is 0 Å². The van der Waals surface area contributed by atoms with Gasteiger partial charge in [-0.1, -0.05) is 15.9 Å². The summed E-state index contributed by atoms with van der Waals surface area (Å²) < 4.78 is 12.2. The van der Waals surface area contributed by atoms with E-state index in [2.05, 4.69) is 26.2 Å². The molecule has 1 N–H and O–H groups in total. The summed E-state index contributed by atoms with van der Waals surface area (Å²) in [6.45, 7) is 2.85. The number of carbonyl (C=O) groups is 1. The maximum absolute atomic E-state index is 12.1. The minimum Gasteiger partial charge on any atom is -0.486 e. The van der Waals surface area contributed by atoms with Gasteiger partial charge in [-0.05, 0) is 49.7 Å². The second-order valence-electron chi connectivity index (χ2n) is 5.75. The largest absolute Gasteiger partial charge is 0.486 e. The first-order chi connectivity index (χ1) is 12.6. The highest BCUT2D eigenvalue weighted by Crippen LogP contribution is 2.18. The van der Waals surface area contributed by atoms with Crippen molar-refractivity contribution >= 4 is 33.2 Å². The Bertz CT molecular complexity index is 858. The van der Waals surface area contributed by atoms with E-state index in [9.17, 15) is 4.79 Å². The molecule has 136 valence electrons. The highest BCUT2D eigenvalue weighted by molar-refractivity contribution is 9.10. The summed E-state index contributed by atoms with van der Waals surface area (Å²) >= 11 is 5.03. The van der Waals surface area contributed by atoms with Crippen LogP contribution in [0, 0.1) is 6.92 Å². The molecule has 0 spiro atoms. The number of furan rings is 1. The minimum absolute atomic E-state index is 0.213. The number of ether oxygens (including phenoxy) is 1. The number of halogens is 1. The van der Waals surface area contributed by atoms with Crippen LogP contribution < -0.4 is 10.1 Å². The van der Waals surface area contributed by atoms with Crippen LogP contribution in [0.5, 0.6) is 5.75 Å². The molecule has 0 unspecified atom stereocenters. The van der Waals surface area contributed by atoms with E-state index in [-0.39, 0.29) is 12.5 Å². The SMILES string of the molecule is Cc1csc(CCCNC(=O)c2ccc(COc3ccc(Br)cc3)o2)n1. The number of amides is 1. The van der Waals surface area contributed by atoms with Crippen molar-refractivity contribution in [3.8, 4) is 5.75 Å². The quantitative estimate of drug-likeness (QED) is 0.519. The molecule has 0 aliphatic heterocycles. The first kappa shape index (κ1) is 18.7. The standard InChI is InChI=1S/C19H19BrN2O3S/c1-13-12-26-18(22-13)3-2-10-21-19(23)17-9-8-16(25-17)11-24-15-6-4-14(20)5-7-15/h4-9,12H,2-3,10-11H2,1H3,(H,21,23). The molecule has 0 atom stereocenters. The second-order valence-corrected chi connectivity index (χ2v) is 7.61. The predicted octanol–water partition coefficient (Wildman–Crippen LogP) is 4.75. The lowest BCUT2D eigenvalue weighted by Gasteiger charge is -2.04. The third-order valence-electron chi connectivity index (χ3n) is 3.60. The Morgan fingerprint density at radius 3 is 2.81 bits per heavy atom.